The molecule has 1 aliphatic heterocycles. The molecule has 0 radical (unpaired) electrons. The largest absolute Gasteiger partial charge is 0.328 e. The Kier molecular flexibility index (Phi) is 5.96. The molecule has 2 rings (SSSR count). The summed E-state index contributed by atoms with van der Waals surface area (Å²) in [6.07, 6.45) is 5.92. The molecule has 0 saturated carbocycles. The van der Waals surface area contributed by atoms with Gasteiger partial charge in [-0.1, -0.05) is 20.3 Å². The summed E-state index contributed by atoms with van der Waals surface area (Å²) in [5, 5.41) is 2.87. The molecule has 6 nitrogen and oxygen atoms in total. The molecule has 2 heterocycles. The second-order valence-corrected chi connectivity index (χ2v) is 6.24. The minimum absolute atomic E-state index is 0.0606. The van der Waals surface area contributed by atoms with Gasteiger partial charge >= 0.3 is 6.03 Å². The lowest BCUT2D eigenvalue weighted by atomic mass is 10.0. The summed E-state index contributed by atoms with van der Waals surface area (Å²) in [7, 11) is 1.77. The highest BCUT2D eigenvalue weighted by atomic mass is 16.2. The molecule has 126 valence electrons. The van der Waals surface area contributed by atoms with Gasteiger partial charge in [0.05, 0.1) is 11.9 Å². The highest BCUT2D eigenvalue weighted by Crippen LogP contribution is 2.20. The van der Waals surface area contributed by atoms with Crippen LogP contribution in [0, 0.1) is 5.92 Å². The predicted molar refractivity (Wildman–Crippen MR) is 90.2 cm³/mol. The molecule has 0 unspecified atom stereocenters. The van der Waals surface area contributed by atoms with Crippen LogP contribution in [-0.4, -0.2) is 48.0 Å². The molecule has 2 atom stereocenters. The summed E-state index contributed by atoms with van der Waals surface area (Å²) in [6, 6.07) is 3.03. The van der Waals surface area contributed by atoms with Gasteiger partial charge in [-0.05, 0) is 30.9 Å². The average molecular weight is 318 g/mol. The Bertz CT molecular complexity index is 535. The highest BCUT2D eigenvalue weighted by Gasteiger charge is 2.31. The van der Waals surface area contributed by atoms with Crippen molar-refractivity contribution in [3.8, 4) is 0 Å². The van der Waals surface area contributed by atoms with Crippen LogP contribution in [0.4, 0.5) is 10.5 Å². The zero-order valence-corrected chi connectivity index (χ0v) is 14.2. The molecular weight excluding hydrogens is 292 g/mol. The van der Waals surface area contributed by atoms with Crippen molar-refractivity contribution in [2.75, 3.05) is 25.0 Å². The molecule has 0 aliphatic carbocycles. The lowest BCUT2D eigenvalue weighted by Crippen LogP contribution is -2.55. The second kappa shape index (κ2) is 7.94. The number of rotatable bonds is 5. The maximum atomic E-state index is 12.6. The monoisotopic (exact) mass is 318 g/mol. The predicted octanol–water partition coefficient (Wildman–Crippen LogP) is 2.26. The first-order valence-electron chi connectivity index (χ1n) is 8.26. The molecule has 1 aliphatic rings. The number of hydrogen-bond donors (Lipinski definition) is 1. The van der Waals surface area contributed by atoms with Crippen molar-refractivity contribution in [3.63, 3.8) is 0 Å². The number of urea groups is 1. The fourth-order valence-electron chi connectivity index (χ4n) is 2.72. The van der Waals surface area contributed by atoms with Crippen LogP contribution in [0.3, 0.4) is 0 Å². The van der Waals surface area contributed by atoms with Crippen LogP contribution < -0.4 is 10.2 Å². The Morgan fingerprint density at radius 1 is 1.57 bits per heavy atom. The van der Waals surface area contributed by atoms with Crippen LogP contribution in [0.15, 0.2) is 24.5 Å². The molecule has 1 aromatic heterocycles. The number of aromatic nitrogens is 1. The van der Waals surface area contributed by atoms with Crippen molar-refractivity contribution in [2.24, 2.45) is 5.92 Å². The van der Waals surface area contributed by atoms with Gasteiger partial charge in [0.25, 0.3) is 0 Å². The van der Waals surface area contributed by atoms with Crippen molar-refractivity contribution in [1.82, 2.24) is 15.2 Å². The Balaban J connectivity index is 1.97. The molecule has 0 spiro atoms. The van der Waals surface area contributed by atoms with E-state index in [1.165, 1.54) is 0 Å². The maximum absolute atomic E-state index is 12.6. The fourth-order valence-corrected chi connectivity index (χ4v) is 2.72. The van der Waals surface area contributed by atoms with Gasteiger partial charge in [0.2, 0.25) is 5.91 Å². The van der Waals surface area contributed by atoms with E-state index in [4.69, 9.17) is 0 Å². The Hall–Kier alpha value is -2.11. The van der Waals surface area contributed by atoms with E-state index in [-0.39, 0.29) is 11.9 Å². The molecular formula is C17H26N4O2. The smallest absolute Gasteiger partial charge is 0.317 e. The number of nitrogens with one attached hydrogen (secondary N) is 1. The molecule has 1 N–H and O–H groups in total. The van der Waals surface area contributed by atoms with E-state index in [9.17, 15) is 9.59 Å². The first kappa shape index (κ1) is 17.2. The highest BCUT2D eigenvalue weighted by molar-refractivity contribution is 5.99. The Morgan fingerprint density at radius 2 is 2.35 bits per heavy atom. The second-order valence-electron chi connectivity index (χ2n) is 6.24. The van der Waals surface area contributed by atoms with Gasteiger partial charge < -0.3 is 15.1 Å². The number of carbonyl (C=O) groups is 2. The average Bonchev–Trinajstić information content (AvgIpc) is 2.57. The van der Waals surface area contributed by atoms with Crippen molar-refractivity contribution < 1.29 is 9.59 Å². The molecule has 1 saturated heterocycles. The minimum atomic E-state index is -0.462. The van der Waals surface area contributed by atoms with Crippen LogP contribution in [0.25, 0.3) is 0 Å². The molecule has 0 bridgehead atoms. The van der Waals surface area contributed by atoms with E-state index in [2.05, 4.69) is 24.1 Å². The van der Waals surface area contributed by atoms with E-state index >= 15 is 0 Å². The minimum Gasteiger partial charge on any atom is -0.328 e. The molecule has 0 aromatic carbocycles. The third-order valence-electron chi connectivity index (χ3n) is 4.32. The lowest BCUT2D eigenvalue weighted by Gasteiger charge is -2.33. The van der Waals surface area contributed by atoms with Gasteiger partial charge in [0.15, 0.2) is 0 Å². The number of hydrogen-bond acceptors (Lipinski definition) is 3. The SMILES string of the molecule is CC[C@H](C)CN(C)C(=O)N[C@H]1CCCN(c2cccnc2)C1=O. The third-order valence-corrected chi connectivity index (χ3v) is 4.32. The third kappa shape index (κ3) is 4.43. The summed E-state index contributed by atoms with van der Waals surface area (Å²) in [6.45, 7) is 5.57. The fraction of sp³-hybridized carbons (Fsp3) is 0.588. The van der Waals surface area contributed by atoms with E-state index in [1.807, 2.05) is 12.1 Å². The Labute approximate surface area is 137 Å². The Morgan fingerprint density at radius 3 is 3.00 bits per heavy atom. The van der Waals surface area contributed by atoms with Crippen molar-refractivity contribution in [2.45, 2.75) is 39.2 Å². The van der Waals surface area contributed by atoms with Crippen molar-refractivity contribution >= 4 is 17.6 Å². The quantitative estimate of drug-likeness (QED) is 0.905. The lowest BCUT2D eigenvalue weighted by molar-refractivity contribution is -0.121. The number of anilines is 1. The van der Waals surface area contributed by atoms with Crippen molar-refractivity contribution in [1.29, 1.82) is 0 Å². The standard InChI is InChI=1S/C17H26N4O2/c1-4-13(2)12-20(3)17(23)19-15-8-6-10-21(16(15)22)14-7-5-9-18-11-14/h5,7,9,11,13,15H,4,6,8,10,12H2,1-3H3,(H,19,23)/t13-,15-/m0/s1. The zero-order valence-electron chi connectivity index (χ0n) is 14.2. The van der Waals surface area contributed by atoms with Gasteiger partial charge in [-0.25, -0.2) is 4.79 Å². The van der Waals surface area contributed by atoms with Crippen LogP contribution >= 0.6 is 0 Å². The van der Waals surface area contributed by atoms with Gasteiger partial charge in [-0.15, -0.1) is 0 Å². The van der Waals surface area contributed by atoms with Gasteiger partial charge in [-0.2, -0.15) is 0 Å². The van der Waals surface area contributed by atoms with E-state index in [1.54, 1.807) is 29.2 Å². The van der Waals surface area contributed by atoms with Crippen LogP contribution in [-0.2, 0) is 4.79 Å². The van der Waals surface area contributed by atoms with Gasteiger partial charge in [0.1, 0.15) is 6.04 Å². The first-order chi connectivity index (χ1) is 11.0. The van der Waals surface area contributed by atoms with E-state index in [0.29, 0.717) is 25.4 Å². The van der Waals surface area contributed by atoms with Crippen LogP contribution in [0.5, 0.6) is 0 Å². The molecule has 3 amide bonds. The summed E-state index contributed by atoms with van der Waals surface area (Å²) in [5.74, 6) is 0.384. The normalized spacial score (nSPS) is 19.3. The molecule has 6 heteroatoms. The van der Waals surface area contributed by atoms with E-state index in [0.717, 1.165) is 18.5 Å². The molecule has 1 fully saturated rings. The number of carbonyl (C=O) groups excluding carboxylic acids is 2. The maximum Gasteiger partial charge on any atom is 0.317 e. The molecule has 23 heavy (non-hydrogen) atoms. The number of pyridine rings is 1. The molecule has 1 aromatic rings. The first-order valence-corrected chi connectivity index (χ1v) is 8.26. The van der Waals surface area contributed by atoms with Crippen molar-refractivity contribution in [3.05, 3.63) is 24.5 Å². The number of amides is 3. The van der Waals surface area contributed by atoms with Crippen LogP contribution in [0.2, 0.25) is 0 Å². The van der Waals surface area contributed by atoms with Crippen LogP contribution in [0.1, 0.15) is 33.1 Å². The van der Waals surface area contributed by atoms with Gasteiger partial charge in [-0.3, -0.25) is 9.78 Å². The summed E-state index contributed by atoms with van der Waals surface area (Å²) in [5.41, 5.74) is 0.782. The number of piperidine rings is 1. The topological polar surface area (TPSA) is 65.5 Å². The van der Waals surface area contributed by atoms with Gasteiger partial charge in [0, 0.05) is 26.3 Å². The zero-order chi connectivity index (χ0) is 16.8. The number of nitrogens with zero attached hydrogens (tertiary/aromatic N) is 3. The van der Waals surface area contributed by atoms with E-state index < -0.39 is 6.04 Å². The summed E-state index contributed by atoms with van der Waals surface area (Å²) < 4.78 is 0. The summed E-state index contributed by atoms with van der Waals surface area (Å²) >= 11 is 0. The summed E-state index contributed by atoms with van der Waals surface area (Å²) in [4.78, 5) is 32.3.